The molecule has 6 nitrogen and oxygen atoms in total. The fourth-order valence-electron chi connectivity index (χ4n) is 2.06. The van der Waals surface area contributed by atoms with E-state index in [4.69, 9.17) is 4.74 Å². The summed E-state index contributed by atoms with van der Waals surface area (Å²) >= 11 is 2.20. The lowest BCUT2D eigenvalue weighted by Crippen LogP contribution is -2.26. The van der Waals surface area contributed by atoms with Gasteiger partial charge >= 0.3 is 0 Å². The van der Waals surface area contributed by atoms with Crippen molar-refractivity contribution in [2.24, 2.45) is 5.10 Å². The van der Waals surface area contributed by atoms with Crippen molar-refractivity contribution in [3.05, 3.63) is 57.7 Å². The zero-order valence-electron chi connectivity index (χ0n) is 14.6. The first-order valence-electron chi connectivity index (χ1n) is 8.00. The van der Waals surface area contributed by atoms with Crippen LogP contribution in [0.25, 0.3) is 0 Å². The van der Waals surface area contributed by atoms with Crippen LogP contribution < -0.4 is 15.5 Å². The van der Waals surface area contributed by atoms with Crippen LogP contribution in [0, 0.1) is 10.5 Å². The van der Waals surface area contributed by atoms with Crippen LogP contribution in [-0.4, -0.2) is 24.1 Å². The number of benzene rings is 2. The second-order valence-electron chi connectivity index (χ2n) is 5.67. The Morgan fingerprint density at radius 1 is 1.08 bits per heavy atom. The first-order chi connectivity index (χ1) is 12.4. The number of ether oxygens (including phenoxy) is 1. The molecule has 2 aromatic carbocycles. The van der Waals surface area contributed by atoms with Crippen molar-refractivity contribution in [2.75, 3.05) is 11.9 Å². The van der Waals surface area contributed by atoms with Crippen molar-refractivity contribution in [1.29, 1.82) is 0 Å². The summed E-state index contributed by atoms with van der Waals surface area (Å²) in [4.78, 5) is 23.8. The summed E-state index contributed by atoms with van der Waals surface area (Å²) in [6.07, 6.45) is 0.0882. The number of anilines is 1. The van der Waals surface area contributed by atoms with Gasteiger partial charge in [-0.2, -0.15) is 5.10 Å². The maximum atomic E-state index is 12.0. The van der Waals surface area contributed by atoms with Crippen LogP contribution in [0.15, 0.2) is 53.6 Å². The number of rotatable bonds is 7. The van der Waals surface area contributed by atoms with Gasteiger partial charge in [-0.25, -0.2) is 5.43 Å². The third-order valence-corrected chi connectivity index (χ3v) is 4.09. The molecule has 7 heteroatoms. The molecule has 0 saturated heterocycles. The summed E-state index contributed by atoms with van der Waals surface area (Å²) in [5.41, 5.74) is 4.56. The minimum absolute atomic E-state index is 0.0882. The van der Waals surface area contributed by atoms with Gasteiger partial charge in [0.1, 0.15) is 5.75 Å². The number of para-hydroxylation sites is 1. The molecule has 0 bridgehead atoms. The number of carbonyl (C=O) groups excluding carboxylic acids is 2. The van der Waals surface area contributed by atoms with Gasteiger partial charge in [-0.3, -0.25) is 9.59 Å². The summed E-state index contributed by atoms with van der Waals surface area (Å²) in [6, 6.07) is 14.9. The highest BCUT2D eigenvalue weighted by Crippen LogP contribution is 2.15. The van der Waals surface area contributed by atoms with E-state index in [-0.39, 0.29) is 24.8 Å². The van der Waals surface area contributed by atoms with Gasteiger partial charge < -0.3 is 10.1 Å². The Balaban J connectivity index is 1.76. The Kier molecular flexibility index (Phi) is 7.58. The average molecular weight is 465 g/mol. The molecule has 2 amide bonds. The van der Waals surface area contributed by atoms with E-state index in [9.17, 15) is 9.59 Å². The van der Waals surface area contributed by atoms with E-state index in [1.54, 1.807) is 13.0 Å². The SMILES string of the molecule is CC(CC(=O)Nc1ccc(I)cc1)=NNC(=O)COc1ccccc1C. The van der Waals surface area contributed by atoms with E-state index in [1.807, 2.05) is 49.4 Å². The highest BCUT2D eigenvalue weighted by molar-refractivity contribution is 14.1. The highest BCUT2D eigenvalue weighted by atomic mass is 127. The molecule has 2 aromatic rings. The minimum Gasteiger partial charge on any atom is -0.483 e. The van der Waals surface area contributed by atoms with Crippen molar-refractivity contribution in [1.82, 2.24) is 5.43 Å². The smallest absolute Gasteiger partial charge is 0.277 e. The molecule has 0 saturated carbocycles. The topological polar surface area (TPSA) is 79.8 Å². The lowest BCUT2D eigenvalue weighted by Gasteiger charge is -2.08. The van der Waals surface area contributed by atoms with Crippen LogP contribution in [0.1, 0.15) is 18.9 Å². The maximum absolute atomic E-state index is 12.0. The number of hydrogen-bond donors (Lipinski definition) is 2. The zero-order chi connectivity index (χ0) is 18.9. The summed E-state index contributed by atoms with van der Waals surface area (Å²) in [7, 11) is 0. The van der Waals surface area contributed by atoms with Crippen LogP contribution in [-0.2, 0) is 9.59 Å². The predicted octanol–water partition coefficient (Wildman–Crippen LogP) is 3.50. The van der Waals surface area contributed by atoms with Crippen molar-refractivity contribution in [3.8, 4) is 5.75 Å². The fraction of sp³-hybridized carbons (Fsp3) is 0.211. The second-order valence-corrected chi connectivity index (χ2v) is 6.91. The van der Waals surface area contributed by atoms with E-state index in [2.05, 4.69) is 38.4 Å². The first-order valence-corrected chi connectivity index (χ1v) is 9.08. The zero-order valence-corrected chi connectivity index (χ0v) is 16.7. The monoisotopic (exact) mass is 465 g/mol. The molecule has 0 unspecified atom stereocenters. The average Bonchev–Trinajstić information content (AvgIpc) is 2.61. The lowest BCUT2D eigenvalue weighted by atomic mass is 10.2. The first kappa shape index (κ1) is 19.9. The van der Waals surface area contributed by atoms with Gasteiger partial charge in [0.05, 0.1) is 6.42 Å². The molecule has 0 aromatic heterocycles. The molecule has 0 aliphatic heterocycles. The van der Waals surface area contributed by atoms with E-state index >= 15 is 0 Å². The Morgan fingerprint density at radius 3 is 2.46 bits per heavy atom. The quantitative estimate of drug-likeness (QED) is 0.373. The van der Waals surface area contributed by atoms with Crippen LogP contribution in [0.5, 0.6) is 5.75 Å². The highest BCUT2D eigenvalue weighted by Gasteiger charge is 2.07. The summed E-state index contributed by atoms with van der Waals surface area (Å²) in [5.74, 6) is 0.0729. The van der Waals surface area contributed by atoms with E-state index < -0.39 is 0 Å². The van der Waals surface area contributed by atoms with Crippen molar-refractivity contribution in [2.45, 2.75) is 20.3 Å². The molecule has 0 aliphatic carbocycles. The minimum atomic E-state index is -0.384. The fourth-order valence-corrected chi connectivity index (χ4v) is 2.42. The standard InChI is InChI=1S/C19H20IN3O3/c1-13-5-3-4-6-17(13)26-12-19(25)23-22-14(2)11-18(24)21-16-9-7-15(20)8-10-16/h3-10H,11-12H2,1-2H3,(H,21,24)(H,23,25). The Labute approximate surface area is 166 Å². The molecule has 26 heavy (non-hydrogen) atoms. The molecule has 0 spiro atoms. The number of amides is 2. The Morgan fingerprint density at radius 2 is 1.77 bits per heavy atom. The van der Waals surface area contributed by atoms with Crippen LogP contribution >= 0.6 is 22.6 Å². The number of nitrogens with one attached hydrogen (secondary N) is 2. The van der Waals surface area contributed by atoms with Gasteiger partial charge in [-0.05, 0) is 72.3 Å². The lowest BCUT2D eigenvalue weighted by molar-refractivity contribution is -0.123. The Hall–Kier alpha value is -2.42. The molecule has 2 N–H and O–H groups in total. The summed E-state index contributed by atoms with van der Waals surface area (Å²) in [6.45, 7) is 3.44. The molecular formula is C19H20IN3O3. The van der Waals surface area contributed by atoms with Gasteiger partial charge in [0.25, 0.3) is 5.91 Å². The van der Waals surface area contributed by atoms with E-state index in [1.165, 1.54) is 0 Å². The molecule has 0 radical (unpaired) electrons. The number of carbonyl (C=O) groups is 2. The van der Waals surface area contributed by atoms with Gasteiger partial charge in [0.15, 0.2) is 6.61 Å². The maximum Gasteiger partial charge on any atom is 0.277 e. The third-order valence-electron chi connectivity index (χ3n) is 3.37. The van der Waals surface area contributed by atoms with Gasteiger partial charge in [-0.15, -0.1) is 0 Å². The molecule has 0 fully saturated rings. The van der Waals surface area contributed by atoms with Crippen LogP contribution in [0.3, 0.4) is 0 Å². The van der Waals surface area contributed by atoms with Crippen LogP contribution in [0.2, 0.25) is 0 Å². The Bertz CT molecular complexity index is 804. The van der Waals surface area contributed by atoms with Crippen molar-refractivity contribution in [3.63, 3.8) is 0 Å². The molecular weight excluding hydrogens is 445 g/mol. The number of hydrazone groups is 1. The summed E-state index contributed by atoms with van der Waals surface area (Å²) < 4.78 is 6.53. The number of aryl methyl sites for hydroxylation is 1. The summed E-state index contributed by atoms with van der Waals surface area (Å²) in [5, 5.41) is 6.71. The van der Waals surface area contributed by atoms with E-state index in [0.29, 0.717) is 11.5 Å². The largest absolute Gasteiger partial charge is 0.483 e. The van der Waals surface area contributed by atoms with Crippen molar-refractivity contribution >= 4 is 45.8 Å². The number of halogens is 1. The van der Waals surface area contributed by atoms with Gasteiger partial charge in [0, 0.05) is 15.0 Å². The van der Waals surface area contributed by atoms with Gasteiger partial charge in [0.2, 0.25) is 5.91 Å². The third kappa shape index (κ3) is 6.83. The van der Waals surface area contributed by atoms with Crippen molar-refractivity contribution < 1.29 is 14.3 Å². The molecule has 0 atom stereocenters. The predicted molar refractivity (Wildman–Crippen MR) is 110 cm³/mol. The molecule has 0 heterocycles. The van der Waals surface area contributed by atoms with E-state index in [0.717, 1.165) is 14.8 Å². The number of nitrogens with zero attached hydrogens (tertiary/aromatic N) is 1. The van der Waals surface area contributed by atoms with Crippen LogP contribution in [0.4, 0.5) is 5.69 Å². The van der Waals surface area contributed by atoms with Gasteiger partial charge in [-0.1, -0.05) is 18.2 Å². The molecule has 136 valence electrons. The second kappa shape index (κ2) is 9.91. The normalized spacial score (nSPS) is 11.0. The molecule has 2 rings (SSSR count). The molecule has 0 aliphatic rings. The number of hydrogen-bond acceptors (Lipinski definition) is 4.